The molecule has 112 valence electrons. The van der Waals surface area contributed by atoms with Crippen LogP contribution in [-0.4, -0.2) is 10.8 Å². The normalized spacial score (nSPS) is 10.6. The van der Waals surface area contributed by atoms with Gasteiger partial charge < -0.3 is 5.32 Å². The molecule has 0 unspecified atom stereocenters. The minimum absolute atomic E-state index is 0.00890. The third-order valence-electron chi connectivity index (χ3n) is 2.73. The molecule has 22 heavy (non-hydrogen) atoms. The molecule has 0 fully saturated rings. The summed E-state index contributed by atoms with van der Waals surface area (Å²) in [6.07, 6.45) is 2.85. The van der Waals surface area contributed by atoms with Crippen LogP contribution in [0.15, 0.2) is 48.5 Å². The van der Waals surface area contributed by atoms with Gasteiger partial charge in [-0.15, -0.1) is 0 Å². The second-order valence-electron chi connectivity index (χ2n) is 4.27. The highest BCUT2D eigenvalue weighted by atomic mass is 35.5. The predicted octanol–water partition coefficient (Wildman–Crippen LogP) is 4.55. The van der Waals surface area contributed by atoms with Gasteiger partial charge in [-0.3, -0.25) is 14.9 Å². The van der Waals surface area contributed by atoms with Gasteiger partial charge in [0.2, 0.25) is 5.91 Å². The molecule has 0 atom stereocenters. The van der Waals surface area contributed by atoms with Gasteiger partial charge >= 0.3 is 0 Å². The Kier molecular flexibility index (Phi) is 5.14. The fraction of sp³-hybridized carbons (Fsp3) is 0. The van der Waals surface area contributed by atoms with Crippen LogP contribution in [0.25, 0.3) is 6.08 Å². The second-order valence-corrected chi connectivity index (χ2v) is 5.08. The molecule has 5 nitrogen and oxygen atoms in total. The van der Waals surface area contributed by atoms with E-state index in [1.165, 1.54) is 24.3 Å². The molecule has 1 N–H and O–H groups in total. The zero-order valence-electron chi connectivity index (χ0n) is 11.1. The summed E-state index contributed by atoms with van der Waals surface area (Å²) in [5.41, 5.74) is 0.709. The first kappa shape index (κ1) is 16.0. The van der Waals surface area contributed by atoms with Crippen LogP contribution in [0.2, 0.25) is 10.0 Å². The number of hydrogen-bond donors (Lipinski definition) is 1. The Labute approximate surface area is 136 Å². The average Bonchev–Trinajstić information content (AvgIpc) is 2.48. The van der Waals surface area contributed by atoms with Crippen LogP contribution >= 0.6 is 23.2 Å². The summed E-state index contributed by atoms with van der Waals surface area (Å²) in [6.45, 7) is 0. The van der Waals surface area contributed by atoms with Crippen molar-refractivity contribution < 1.29 is 9.72 Å². The van der Waals surface area contributed by atoms with E-state index in [1.54, 1.807) is 30.3 Å². The van der Waals surface area contributed by atoms with Crippen LogP contribution in [0.1, 0.15) is 5.56 Å². The van der Waals surface area contributed by atoms with Crippen molar-refractivity contribution in [3.8, 4) is 0 Å². The van der Waals surface area contributed by atoms with E-state index in [4.69, 9.17) is 23.2 Å². The van der Waals surface area contributed by atoms with Gasteiger partial charge in [-0.2, -0.15) is 0 Å². The van der Waals surface area contributed by atoms with E-state index in [0.717, 1.165) is 0 Å². The molecule has 1 amide bonds. The maximum absolute atomic E-state index is 11.8. The Morgan fingerprint density at radius 3 is 2.55 bits per heavy atom. The quantitative estimate of drug-likeness (QED) is 0.505. The summed E-state index contributed by atoms with van der Waals surface area (Å²) >= 11 is 11.7. The number of nitro groups is 1. The number of rotatable bonds is 4. The van der Waals surface area contributed by atoms with Crippen molar-refractivity contribution in [1.82, 2.24) is 0 Å². The van der Waals surface area contributed by atoms with Gasteiger partial charge in [-0.05, 0) is 29.8 Å². The van der Waals surface area contributed by atoms with Crippen LogP contribution in [0.5, 0.6) is 0 Å². The van der Waals surface area contributed by atoms with Gasteiger partial charge in [0.15, 0.2) is 0 Å². The van der Waals surface area contributed by atoms with E-state index in [2.05, 4.69) is 5.32 Å². The highest BCUT2D eigenvalue weighted by Crippen LogP contribution is 2.27. The summed E-state index contributed by atoms with van der Waals surface area (Å²) in [7, 11) is 0. The molecule has 0 aliphatic heterocycles. The molecule has 7 heteroatoms. The Balaban J connectivity index is 2.11. The fourth-order valence-corrected chi connectivity index (χ4v) is 2.08. The minimum Gasteiger partial charge on any atom is -0.322 e. The number of nitro benzene ring substituents is 1. The van der Waals surface area contributed by atoms with Crippen molar-refractivity contribution in [3.63, 3.8) is 0 Å². The lowest BCUT2D eigenvalue weighted by molar-refractivity contribution is -0.384. The molecule has 0 aliphatic rings. The van der Waals surface area contributed by atoms with Gasteiger partial charge in [-0.25, -0.2) is 0 Å². The molecule has 0 radical (unpaired) electrons. The van der Waals surface area contributed by atoms with E-state index in [1.807, 2.05) is 0 Å². The maximum atomic E-state index is 11.8. The molecule has 0 saturated heterocycles. The lowest BCUT2D eigenvalue weighted by Crippen LogP contribution is -2.08. The molecular weight excluding hydrogens is 327 g/mol. The summed E-state index contributed by atoms with van der Waals surface area (Å²) < 4.78 is 0. The highest BCUT2D eigenvalue weighted by molar-refractivity contribution is 6.33. The Hall–Kier alpha value is -2.37. The molecule has 0 aromatic heterocycles. The molecule has 0 bridgehead atoms. The number of hydrogen-bond acceptors (Lipinski definition) is 3. The number of amides is 1. The zero-order valence-corrected chi connectivity index (χ0v) is 12.6. The summed E-state index contributed by atoms with van der Waals surface area (Å²) in [5, 5.41) is 13.8. The van der Waals surface area contributed by atoms with Crippen molar-refractivity contribution in [2.24, 2.45) is 0 Å². The highest BCUT2D eigenvalue weighted by Gasteiger charge is 2.13. The number of carbonyl (C=O) groups excluding carboxylic acids is 1. The number of nitrogens with zero attached hydrogens (tertiary/aromatic N) is 1. The smallest absolute Gasteiger partial charge is 0.289 e. The van der Waals surface area contributed by atoms with Crippen LogP contribution in [0.4, 0.5) is 11.4 Å². The molecule has 2 aromatic carbocycles. The summed E-state index contributed by atoms with van der Waals surface area (Å²) in [5.74, 6) is -0.434. The van der Waals surface area contributed by atoms with Gasteiger partial charge in [0.1, 0.15) is 5.02 Å². The first-order valence-corrected chi connectivity index (χ1v) is 6.90. The van der Waals surface area contributed by atoms with Crippen LogP contribution in [0.3, 0.4) is 0 Å². The standard InChI is InChI=1S/C15H10Cl2N2O3/c16-12-4-2-1-3-10(12)5-8-15(20)18-11-6-7-13(17)14(9-11)19(21)22/h1-9H,(H,18,20)/b8-5+. The summed E-state index contributed by atoms with van der Waals surface area (Å²) in [6, 6.07) is 11.1. The second kappa shape index (κ2) is 7.06. The lowest BCUT2D eigenvalue weighted by Gasteiger charge is -2.03. The van der Waals surface area contributed by atoms with Crippen molar-refractivity contribution >= 4 is 46.6 Å². The summed E-state index contributed by atoms with van der Waals surface area (Å²) in [4.78, 5) is 22.0. The molecule has 0 heterocycles. The van der Waals surface area contributed by atoms with Crippen molar-refractivity contribution in [2.45, 2.75) is 0 Å². The Morgan fingerprint density at radius 1 is 1.14 bits per heavy atom. The van der Waals surface area contributed by atoms with Crippen LogP contribution < -0.4 is 5.32 Å². The largest absolute Gasteiger partial charge is 0.322 e. The molecule has 0 spiro atoms. The number of benzene rings is 2. The van der Waals surface area contributed by atoms with E-state index >= 15 is 0 Å². The van der Waals surface area contributed by atoms with Gasteiger partial charge in [0, 0.05) is 22.9 Å². The monoisotopic (exact) mass is 336 g/mol. The number of halogens is 2. The first-order valence-electron chi connectivity index (χ1n) is 6.15. The zero-order chi connectivity index (χ0) is 16.1. The SMILES string of the molecule is O=C(/C=C/c1ccccc1Cl)Nc1ccc(Cl)c([N+](=O)[O-])c1. The molecule has 2 aromatic rings. The Morgan fingerprint density at radius 2 is 1.86 bits per heavy atom. The maximum Gasteiger partial charge on any atom is 0.289 e. The van der Waals surface area contributed by atoms with E-state index in [9.17, 15) is 14.9 Å². The fourth-order valence-electron chi connectivity index (χ4n) is 1.69. The van der Waals surface area contributed by atoms with Crippen molar-refractivity contribution in [3.05, 3.63) is 74.3 Å². The van der Waals surface area contributed by atoms with E-state index < -0.39 is 10.8 Å². The Bertz CT molecular complexity index is 760. The van der Waals surface area contributed by atoms with Gasteiger partial charge in [0.05, 0.1) is 4.92 Å². The van der Waals surface area contributed by atoms with E-state index in [-0.39, 0.29) is 16.4 Å². The number of nitrogens with one attached hydrogen (secondary N) is 1. The molecular formula is C15H10Cl2N2O3. The first-order chi connectivity index (χ1) is 10.5. The third-order valence-corrected chi connectivity index (χ3v) is 3.39. The van der Waals surface area contributed by atoms with Crippen molar-refractivity contribution in [2.75, 3.05) is 5.32 Å². The minimum atomic E-state index is -0.614. The van der Waals surface area contributed by atoms with E-state index in [0.29, 0.717) is 10.6 Å². The van der Waals surface area contributed by atoms with Gasteiger partial charge in [0.25, 0.3) is 5.69 Å². The third kappa shape index (κ3) is 4.07. The molecule has 2 rings (SSSR count). The van der Waals surface area contributed by atoms with Crippen LogP contribution in [-0.2, 0) is 4.79 Å². The lowest BCUT2D eigenvalue weighted by atomic mass is 10.2. The van der Waals surface area contributed by atoms with Crippen LogP contribution in [0, 0.1) is 10.1 Å². The van der Waals surface area contributed by atoms with Crippen molar-refractivity contribution in [1.29, 1.82) is 0 Å². The predicted molar refractivity (Wildman–Crippen MR) is 87.2 cm³/mol. The average molecular weight is 337 g/mol. The molecule has 0 aliphatic carbocycles. The van der Waals surface area contributed by atoms with Gasteiger partial charge in [-0.1, -0.05) is 41.4 Å². The number of carbonyl (C=O) groups is 1. The molecule has 0 saturated carbocycles. The topological polar surface area (TPSA) is 72.2 Å². The number of anilines is 1.